The third-order valence-corrected chi connectivity index (χ3v) is 6.56. The molecule has 0 aromatic heterocycles. The normalized spacial score (nSPS) is 19.7. The van der Waals surface area contributed by atoms with Gasteiger partial charge in [-0.15, -0.1) is 24.0 Å². The Morgan fingerprint density at radius 1 is 0.935 bits per heavy atom. The van der Waals surface area contributed by atoms with Crippen LogP contribution in [-0.4, -0.2) is 93.2 Å². The molecule has 0 aliphatic carbocycles. The van der Waals surface area contributed by atoms with Gasteiger partial charge in [0.1, 0.15) is 0 Å². The summed E-state index contributed by atoms with van der Waals surface area (Å²) < 4.78 is 0. The number of nitrogens with zero attached hydrogens (tertiary/aromatic N) is 4. The number of piperazine rings is 1. The molecular weight excluding hydrogens is 499 g/mol. The zero-order valence-corrected chi connectivity index (χ0v) is 21.9. The average molecular weight is 543 g/mol. The molecule has 0 spiro atoms. The smallest absolute Gasteiger partial charge is 0.191 e. The van der Waals surface area contributed by atoms with Crippen molar-refractivity contribution >= 4 is 29.9 Å². The molecule has 2 aliphatic heterocycles. The van der Waals surface area contributed by atoms with Crippen LogP contribution in [0.5, 0.6) is 0 Å². The molecule has 0 saturated carbocycles. The number of hydrogen-bond acceptors (Lipinski definition) is 4. The fourth-order valence-corrected chi connectivity index (χ4v) is 4.60. The highest BCUT2D eigenvalue weighted by molar-refractivity contribution is 14.0. The van der Waals surface area contributed by atoms with Gasteiger partial charge in [-0.3, -0.25) is 9.89 Å². The Morgan fingerprint density at radius 2 is 1.61 bits per heavy atom. The molecule has 3 rings (SSSR count). The molecule has 2 N–H and O–H groups in total. The number of guanidine groups is 1. The lowest BCUT2D eigenvalue weighted by Gasteiger charge is -2.34. The maximum absolute atomic E-state index is 4.45. The van der Waals surface area contributed by atoms with Crippen LogP contribution in [0.1, 0.15) is 44.2 Å². The number of benzene rings is 1. The van der Waals surface area contributed by atoms with E-state index in [1.165, 1.54) is 83.6 Å². The molecule has 0 amide bonds. The summed E-state index contributed by atoms with van der Waals surface area (Å²) in [5, 5.41) is 7.09. The Morgan fingerprint density at radius 3 is 2.26 bits per heavy atom. The van der Waals surface area contributed by atoms with Crippen molar-refractivity contribution in [3.63, 3.8) is 0 Å². The predicted molar refractivity (Wildman–Crippen MR) is 143 cm³/mol. The second-order valence-corrected chi connectivity index (χ2v) is 8.53. The summed E-state index contributed by atoms with van der Waals surface area (Å²) in [6.07, 6.45) is 5.05. The van der Waals surface area contributed by atoms with E-state index in [1.807, 2.05) is 7.05 Å². The van der Waals surface area contributed by atoms with Crippen molar-refractivity contribution < 1.29 is 0 Å². The first-order valence-electron chi connectivity index (χ1n) is 12.0. The van der Waals surface area contributed by atoms with E-state index in [2.05, 4.69) is 67.6 Å². The van der Waals surface area contributed by atoms with Gasteiger partial charge in [0.15, 0.2) is 5.96 Å². The number of likely N-dealkylation sites (N-methyl/N-ethyl adjacent to an activating group) is 1. The van der Waals surface area contributed by atoms with Crippen LogP contribution in [0.3, 0.4) is 0 Å². The van der Waals surface area contributed by atoms with E-state index >= 15 is 0 Å². The second kappa shape index (κ2) is 15.0. The highest BCUT2D eigenvalue weighted by Gasteiger charge is 2.23. The molecule has 31 heavy (non-hydrogen) atoms. The van der Waals surface area contributed by atoms with Crippen LogP contribution in [0, 0.1) is 0 Å². The molecule has 7 heteroatoms. The van der Waals surface area contributed by atoms with Crippen molar-refractivity contribution in [2.75, 3.05) is 72.5 Å². The number of unbranched alkanes of at least 4 members (excludes halogenated alkanes) is 1. The van der Waals surface area contributed by atoms with Gasteiger partial charge in [0.05, 0.1) is 6.04 Å². The Hall–Kier alpha value is -0.900. The average Bonchev–Trinajstić information content (AvgIpc) is 3.33. The minimum Gasteiger partial charge on any atom is -0.356 e. The zero-order chi connectivity index (χ0) is 21.0. The lowest BCUT2D eigenvalue weighted by atomic mass is 10.1. The summed E-state index contributed by atoms with van der Waals surface area (Å²) in [6, 6.07) is 11.3. The van der Waals surface area contributed by atoms with E-state index in [9.17, 15) is 0 Å². The topological polar surface area (TPSA) is 46.1 Å². The van der Waals surface area contributed by atoms with Crippen LogP contribution in [0.15, 0.2) is 35.3 Å². The van der Waals surface area contributed by atoms with Crippen molar-refractivity contribution in [3.05, 3.63) is 35.9 Å². The molecule has 1 aromatic rings. The summed E-state index contributed by atoms with van der Waals surface area (Å²) in [4.78, 5) is 12.2. The molecule has 1 unspecified atom stereocenters. The van der Waals surface area contributed by atoms with E-state index in [1.54, 1.807) is 0 Å². The summed E-state index contributed by atoms with van der Waals surface area (Å²) >= 11 is 0. The number of rotatable bonds is 10. The minimum atomic E-state index is 0. The van der Waals surface area contributed by atoms with Gasteiger partial charge in [-0.2, -0.15) is 0 Å². The lowest BCUT2D eigenvalue weighted by molar-refractivity contribution is 0.136. The van der Waals surface area contributed by atoms with Gasteiger partial charge in [-0.1, -0.05) is 37.3 Å². The maximum Gasteiger partial charge on any atom is 0.191 e. The number of halogens is 1. The van der Waals surface area contributed by atoms with E-state index in [-0.39, 0.29) is 24.0 Å². The van der Waals surface area contributed by atoms with Gasteiger partial charge in [-0.25, -0.2) is 0 Å². The predicted octanol–water partition coefficient (Wildman–Crippen LogP) is 3.02. The summed E-state index contributed by atoms with van der Waals surface area (Å²) in [6.45, 7) is 13.8. The van der Waals surface area contributed by atoms with Crippen LogP contribution in [0.4, 0.5) is 0 Å². The lowest BCUT2D eigenvalue weighted by Crippen LogP contribution is -2.46. The first-order chi connectivity index (χ1) is 14.8. The summed E-state index contributed by atoms with van der Waals surface area (Å²) in [7, 11) is 1.87. The van der Waals surface area contributed by atoms with Gasteiger partial charge in [-0.05, 0) is 57.4 Å². The van der Waals surface area contributed by atoms with E-state index in [0.717, 1.165) is 19.0 Å². The number of hydrogen-bond donors (Lipinski definition) is 2. The highest BCUT2D eigenvalue weighted by atomic mass is 127. The van der Waals surface area contributed by atoms with Crippen LogP contribution in [0.25, 0.3) is 0 Å². The fourth-order valence-electron chi connectivity index (χ4n) is 4.60. The molecule has 2 fully saturated rings. The van der Waals surface area contributed by atoms with Crippen molar-refractivity contribution in [2.24, 2.45) is 4.99 Å². The Bertz CT molecular complexity index is 612. The Kier molecular flexibility index (Phi) is 12.8. The van der Waals surface area contributed by atoms with Gasteiger partial charge in [0.25, 0.3) is 0 Å². The SMILES string of the molecule is CCN1CCN(CCCCNC(=NC)NCC(c2ccccc2)N2CCCC2)CC1.I. The van der Waals surface area contributed by atoms with Crippen LogP contribution < -0.4 is 10.6 Å². The number of aliphatic imine (C=N–C) groups is 1. The molecule has 2 saturated heterocycles. The first-order valence-corrected chi connectivity index (χ1v) is 12.0. The molecule has 2 aliphatic rings. The number of nitrogens with one attached hydrogen (secondary N) is 2. The van der Waals surface area contributed by atoms with Gasteiger partial charge >= 0.3 is 0 Å². The third kappa shape index (κ3) is 8.86. The van der Waals surface area contributed by atoms with Crippen molar-refractivity contribution in [1.29, 1.82) is 0 Å². The van der Waals surface area contributed by atoms with Crippen LogP contribution in [0.2, 0.25) is 0 Å². The molecule has 6 nitrogen and oxygen atoms in total. The van der Waals surface area contributed by atoms with E-state index in [0.29, 0.717) is 6.04 Å². The highest BCUT2D eigenvalue weighted by Crippen LogP contribution is 2.24. The molecule has 1 atom stereocenters. The second-order valence-electron chi connectivity index (χ2n) is 8.53. The number of likely N-dealkylation sites (tertiary alicyclic amines) is 1. The molecule has 1 aromatic carbocycles. The monoisotopic (exact) mass is 542 g/mol. The largest absolute Gasteiger partial charge is 0.356 e. The zero-order valence-electron chi connectivity index (χ0n) is 19.6. The first kappa shape index (κ1) is 26.4. The molecule has 0 bridgehead atoms. The quantitative estimate of drug-likeness (QED) is 0.206. The molecular formula is C24H43IN6. The van der Waals surface area contributed by atoms with Gasteiger partial charge in [0, 0.05) is 46.3 Å². The third-order valence-electron chi connectivity index (χ3n) is 6.56. The van der Waals surface area contributed by atoms with Crippen LogP contribution in [-0.2, 0) is 0 Å². The maximum atomic E-state index is 4.45. The molecule has 176 valence electrons. The summed E-state index contributed by atoms with van der Waals surface area (Å²) in [5.41, 5.74) is 1.39. The Balaban J connectivity index is 0.00000341. The van der Waals surface area contributed by atoms with Crippen molar-refractivity contribution in [2.45, 2.75) is 38.6 Å². The van der Waals surface area contributed by atoms with E-state index in [4.69, 9.17) is 0 Å². The fraction of sp³-hybridized carbons (Fsp3) is 0.708. The van der Waals surface area contributed by atoms with Gasteiger partial charge in [0.2, 0.25) is 0 Å². The van der Waals surface area contributed by atoms with Crippen LogP contribution >= 0.6 is 24.0 Å². The Labute approximate surface area is 206 Å². The summed E-state index contributed by atoms with van der Waals surface area (Å²) in [5.74, 6) is 0.923. The van der Waals surface area contributed by atoms with Gasteiger partial charge < -0.3 is 20.4 Å². The molecule has 0 radical (unpaired) electrons. The molecule has 2 heterocycles. The van der Waals surface area contributed by atoms with Crippen molar-refractivity contribution in [1.82, 2.24) is 25.3 Å². The van der Waals surface area contributed by atoms with E-state index < -0.39 is 0 Å². The van der Waals surface area contributed by atoms with Crippen molar-refractivity contribution in [3.8, 4) is 0 Å². The minimum absolute atomic E-state index is 0. The standard InChI is InChI=1S/C24H42N6.HI/c1-3-28-17-19-29(20-18-28)14-8-7-13-26-24(25-2)27-21-23(30-15-9-10-16-30)22-11-5-4-6-12-22;/h4-6,11-12,23H,3,7-10,13-21H2,1-2H3,(H2,25,26,27);1H.